The summed E-state index contributed by atoms with van der Waals surface area (Å²) in [5.74, 6) is 8.18. The molecule has 2 aliphatic heterocycles. The lowest BCUT2D eigenvalue weighted by Crippen LogP contribution is -2.33. The normalized spacial score (nSPS) is 21.9. The Morgan fingerprint density at radius 3 is 1.49 bits per heavy atom. The van der Waals surface area contributed by atoms with Crippen molar-refractivity contribution in [3.8, 4) is 23.7 Å². The molecule has 8 unspecified atom stereocenters. The Labute approximate surface area is 504 Å². The van der Waals surface area contributed by atoms with E-state index in [-0.39, 0.29) is 48.8 Å². The van der Waals surface area contributed by atoms with Crippen molar-refractivity contribution in [3.05, 3.63) is 44.5 Å². The van der Waals surface area contributed by atoms with Crippen molar-refractivity contribution in [1.82, 2.24) is 24.4 Å². The number of nitrogen functional groups attached to an aromatic ring is 2. The molecule has 0 aromatic carbocycles. The number of anilines is 2. The summed E-state index contributed by atoms with van der Waals surface area (Å²) in [6.45, 7) is 5.25. The van der Waals surface area contributed by atoms with Crippen LogP contribution in [0, 0.1) is 29.6 Å². The molecule has 47 heteroatoms. The van der Waals surface area contributed by atoms with E-state index in [1.807, 2.05) is 0 Å². The Morgan fingerprint density at radius 1 is 0.674 bits per heavy atom. The number of nitrogens with one attached hydrogen (secondary N) is 1. The maximum atomic E-state index is 12.5. The molecule has 12 atom stereocenters. The molecule has 2 saturated heterocycles. The molecule has 19 N–H and O–H groups in total. The van der Waals surface area contributed by atoms with Crippen molar-refractivity contribution in [2.45, 2.75) is 128 Å². The van der Waals surface area contributed by atoms with E-state index in [9.17, 15) is 81.1 Å². The monoisotopic (exact) mass is 1400 g/mol. The SMILES string of the molecule is CC(CCCCNC(=O)OC(C)(C)C)C(=O)OCC#Cc1cn([C@H]2CC(O)[C@@H](COP(=O)(O)OP(=O)(O)OP(=O)(O)O)O2)c(=O)nc1N.NCCCCC(N)C(=O)OCC#Cc1cn([C@H]2CC(O)[C@@H](COP(=O)(O)OP(=O)(O)OP(=O)(O)O)O2)c(=O)nc1N. The van der Waals surface area contributed by atoms with Gasteiger partial charge in [0.25, 0.3) is 0 Å². The number of rotatable bonds is 29. The highest BCUT2D eigenvalue weighted by atomic mass is 31.3. The first-order valence-corrected chi connectivity index (χ1v) is 34.7. The van der Waals surface area contributed by atoms with E-state index in [2.05, 4.69) is 65.3 Å². The minimum Gasteiger partial charge on any atom is -0.452 e. The summed E-state index contributed by atoms with van der Waals surface area (Å²) in [7, 11) is -33.6. The number of aliphatic hydroxyl groups is 2. The van der Waals surface area contributed by atoms with Crippen LogP contribution in [0.15, 0.2) is 22.0 Å². The lowest BCUT2D eigenvalue weighted by molar-refractivity contribution is -0.146. The van der Waals surface area contributed by atoms with Gasteiger partial charge in [-0.05, 0) is 53.0 Å². The summed E-state index contributed by atoms with van der Waals surface area (Å²) in [5.41, 5.74) is 20.3. The van der Waals surface area contributed by atoms with Crippen LogP contribution < -0.4 is 39.6 Å². The van der Waals surface area contributed by atoms with Crippen molar-refractivity contribution in [1.29, 1.82) is 0 Å². The molecule has 2 aromatic heterocycles. The fourth-order valence-corrected chi connectivity index (χ4v) is 13.2. The number of hydrogen-bond acceptors (Lipinski definition) is 30. The number of esters is 2. The van der Waals surface area contributed by atoms with Crippen LogP contribution in [0.5, 0.6) is 0 Å². The number of aromatic nitrogens is 4. The van der Waals surface area contributed by atoms with Gasteiger partial charge in [-0.25, -0.2) is 41.8 Å². The van der Waals surface area contributed by atoms with Crippen molar-refractivity contribution in [2.75, 3.05) is 51.0 Å². The summed E-state index contributed by atoms with van der Waals surface area (Å²) in [6.07, 6.45) is -3.26. The van der Waals surface area contributed by atoms with E-state index in [0.717, 1.165) is 21.5 Å². The first-order chi connectivity index (χ1) is 40.9. The van der Waals surface area contributed by atoms with E-state index >= 15 is 0 Å². The molecule has 1 amide bonds. The highest BCUT2D eigenvalue weighted by molar-refractivity contribution is 7.67. The van der Waals surface area contributed by atoms with E-state index < -0.39 is 144 Å². The molecule has 89 heavy (non-hydrogen) atoms. The number of aliphatic hydroxyl groups excluding tert-OH is 2. The van der Waals surface area contributed by atoms with Gasteiger partial charge >= 0.3 is 76.3 Å². The highest BCUT2D eigenvalue weighted by Crippen LogP contribution is 2.67. The van der Waals surface area contributed by atoms with E-state index in [1.165, 1.54) is 0 Å². The molecule has 2 aliphatic rings. The number of amides is 1. The second-order valence-electron chi connectivity index (χ2n) is 19.6. The fraction of sp³-hybridized carbons (Fsp3) is 0.643. The van der Waals surface area contributed by atoms with E-state index in [4.69, 9.17) is 66.2 Å². The minimum atomic E-state index is -5.75. The number of phosphoric acid groups is 6. The molecule has 0 aliphatic carbocycles. The van der Waals surface area contributed by atoms with Gasteiger partial charge in [0.2, 0.25) is 0 Å². The van der Waals surface area contributed by atoms with Crippen LogP contribution in [0.1, 0.15) is 103 Å². The third-order valence-corrected chi connectivity index (χ3v) is 18.7. The molecular formula is C42H69N9O32P6. The van der Waals surface area contributed by atoms with Crippen molar-refractivity contribution >= 4 is 76.6 Å². The first-order valence-electron chi connectivity index (χ1n) is 25.6. The van der Waals surface area contributed by atoms with Crippen LogP contribution in [0.4, 0.5) is 16.4 Å². The number of alkyl carbamates (subject to hydrolysis) is 1. The average molecular weight is 1400 g/mol. The van der Waals surface area contributed by atoms with Crippen molar-refractivity contribution in [2.24, 2.45) is 17.4 Å². The van der Waals surface area contributed by atoms with Crippen molar-refractivity contribution in [3.63, 3.8) is 0 Å². The smallest absolute Gasteiger partial charge is 0.452 e. The zero-order valence-corrected chi connectivity index (χ0v) is 52.8. The number of hydrogen-bond donors (Lipinski definition) is 15. The van der Waals surface area contributed by atoms with Crippen LogP contribution in [0.25, 0.3) is 0 Å². The minimum absolute atomic E-state index is 0.0303. The highest BCUT2D eigenvalue weighted by Gasteiger charge is 2.45. The molecule has 0 saturated carbocycles. The first kappa shape index (κ1) is 78.5. The second kappa shape index (κ2) is 34.3. The molecule has 504 valence electrons. The van der Waals surface area contributed by atoms with Gasteiger partial charge in [0, 0.05) is 31.8 Å². The molecule has 2 fully saturated rings. The van der Waals surface area contributed by atoms with Crippen LogP contribution in [-0.4, -0.2) is 162 Å². The van der Waals surface area contributed by atoms with Gasteiger partial charge in [0.1, 0.15) is 47.9 Å². The summed E-state index contributed by atoms with van der Waals surface area (Å²) in [6, 6.07) is -0.840. The topological polar surface area (TPSA) is 643 Å². The quantitative estimate of drug-likeness (QED) is 0.0156. The molecule has 4 heterocycles. The summed E-state index contributed by atoms with van der Waals surface area (Å²) in [4.78, 5) is 140. The van der Waals surface area contributed by atoms with Gasteiger partial charge in [0.15, 0.2) is 13.2 Å². The lowest BCUT2D eigenvalue weighted by Gasteiger charge is -2.19. The Morgan fingerprint density at radius 2 is 1.09 bits per heavy atom. The molecule has 0 spiro atoms. The largest absolute Gasteiger partial charge is 0.490 e. The van der Waals surface area contributed by atoms with Gasteiger partial charge in [0.05, 0.1) is 42.5 Å². The maximum Gasteiger partial charge on any atom is 0.490 e. The van der Waals surface area contributed by atoms with Gasteiger partial charge in [-0.15, -0.1) is 0 Å². The second-order valence-corrected chi connectivity index (χ2v) is 28.5. The Hall–Kier alpha value is -4.73. The number of ether oxygens (including phenoxy) is 5. The number of phosphoric ester groups is 2. The predicted molar refractivity (Wildman–Crippen MR) is 298 cm³/mol. The standard InChI is InChI=1S/C24H39N4O17P3.C18H30N5O15P3/c1-15(8-5-6-10-26-23(32)43-24(2,3)4)21(30)40-11-7-9-16-13-28(22(31)27-20(16)25)19-12-17(29)18(42-19)14-41-47(36,37)45-48(38,39)44-46(33,34)35;19-6-2-1-5-12(20)17(25)34-7-3-4-11-9-23(18(26)22-16(11)21)15-8-13(24)14(36-15)10-35-40(30,31)38-41(32,33)37-39(27,28)29/h13,15,17-19,29H,5-6,8,10-12,14H2,1-4H3,(H,26,32)(H,36,37)(H,38,39)(H2,25,27,31)(H2,33,34,35);9,12-15,24H,1-2,5-8,10,19-20H2,(H,30,31)(H,32,33)(H2,21,22,26)(H2,27,28,29)/t15?,17?,18-,19-;12?,13?,14-,15-/m11/s1. The number of unbranched alkanes of at least 4 members (excludes halogenated alkanes) is 2. The van der Waals surface area contributed by atoms with E-state index in [0.29, 0.717) is 51.6 Å². The van der Waals surface area contributed by atoms with Gasteiger partial charge in [-0.2, -0.15) is 27.2 Å². The Balaban J connectivity index is 0.000000471. The molecule has 0 radical (unpaired) electrons. The zero-order chi connectivity index (χ0) is 67.5. The Bertz CT molecular complexity index is 3330. The predicted octanol–water partition coefficient (Wildman–Crippen LogP) is -0.789. The summed E-state index contributed by atoms with van der Waals surface area (Å²) >= 11 is 0. The molecule has 41 nitrogen and oxygen atoms in total. The third kappa shape index (κ3) is 30.1. The molecule has 2 aromatic rings. The zero-order valence-electron chi connectivity index (χ0n) is 47.4. The maximum absolute atomic E-state index is 12.5. The van der Waals surface area contributed by atoms with Crippen LogP contribution in [-0.2, 0) is 87.0 Å². The Kier molecular flexibility index (Phi) is 30.2. The molecular weight excluding hydrogens is 1330 g/mol. The van der Waals surface area contributed by atoms with Crippen LogP contribution in [0.2, 0.25) is 0 Å². The van der Waals surface area contributed by atoms with Crippen molar-refractivity contribution < 1.29 is 141 Å². The number of carbonyl (C=O) groups excluding carboxylic acids is 3. The van der Waals surface area contributed by atoms with Gasteiger partial charge in [-0.1, -0.05) is 43.4 Å². The fourth-order valence-electron chi connectivity index (χ4n) is 7.13. The summed E-state index contributed by atoms with van der Waals surface area (Å²) < 4.78 is 120. The number of nitrogens with zero attached hydrogens (tertiary/aromatic N) is 4. The molecule has 4 rings (SSSR count). The van der Waals surface area contributed by atoms with Gasteiger partial charge < -0.3 is 101 Å². The third-order valence-electron chi connectivity index (χ3n) is 11.1. The van der Waals surface area contributed by atoms with Crippen LogP contribution >= 0.6 is 46.9 Å². The van der Waals surface area contributed by atoms with Crippen LogP contribution in [0.3, 0.4) is 0 Å². The lowest BCUT2D eigenvalue weighted by atomic mass is 10.0. The van der Waals surface area contributed by atoms with Gasteiger partial charge in [-0.3, -0.25) is 27.8 Å². The molecule has 0 bridgehead atoms. The summed E-state index contributed by atoms with van der Waals surface area (Å²) in [5, 5.41) is 23.2. The number of carbonyl (C=O) groups is 3. The number of nitrogens with two attached hydrogens (primary N) is 4. The van der Waals surface area contributed by atoms with E-state index in [1.54, 1.807) is 27.7 Å². The average Bonchev–Trinajstić information content (AvgIpc) is 2.43.